The molecule has 1 fully saturated rings. The van der Waals surface area contributed by atoms with E-state index in [2.05, 4.69) is 5.32 Å². The highest BCUT2D eigenvalue weighted by molar-refractivity contribution is 5.66. The van der Waals surface area contributed by atoms with Crippen LogP contribution >= 0.6 is 0 Å². The van der Waals surface area contributed by atoms with Crippen LogP contribution in [0.4, 0.5) is 0 Å². The summed E-state index contributed by atoms with van der Waals surface area (Å²) < 4.78 is 0. The van der Waals surface area contributed by atoms with Crippen LogP contribution in [0.15, 0.2) is 30.3 Å². The fraction of sp³-hybridized carbons (Fsp3) is 0.650. The molecule has 134 valence electrons. The van der Waals surface area contributed by atoms with Crippen LogP contribution in [-0.4, -0.2) is 29.3 Å². The van der Waals surface area contributed by atoms with Crippen LogP contribution in [0, 0.1) is 5.92 Å². The van der Waals surface area contributed by atoms with E-state index in [1.807, 2.05) is 30.3 Å². The quantitative estimate of drug-likeness (QED) is 0.571. The largest absolute Gasteiger partial charge is 0.481 e. The third-order valence-corrected chi connectivity index (χ3v) is 5.23. The van der Waals surface area contributed by atoms with Crippen LogP contribution in [0.2, 0.25) is 0 Å². The smallest absolute Gasteiger partial charge is 0.303 e. The lowest BCUT2D eigenvalue weighted by Gasteiger charge is -2.39. The molecule has 3 N–H and O–H groups in total. The van der Waals surface area contributed by atoms with E-state index >= 15 is 0 Å². The van der Waals surface area contributed by atoms with Crippen molar-refractivity contribution in [3.63, 3.8) is 0 Å². The first-order valence-electron chi connectivity index (χ1n) is 9.33. The summed E-state index contributed by atoms with van der Waals surface area (Å²) in [6, 6.07) is 10.1. The molecule has 0 aliphatic heterocycles. The molecule has 0 bridgehead atoms. The predicted octanol–water partition coefficient (Wildman–Crippen LogP) is 3.69. The molecule has 2 rings (SSSR count). The van der Waals surface area contributed by atoms with Crippen molar-refractivity contribution in [2.24, 2.45) is 5.92 Å². The molecule has 24 heavy (non-hydrogen) atoms. The lowest BCUT2D eigenvalue weighted by Crippen LogP contribution is -2.39. The Morgan fingerprint density at radius 2 is 1.79 bits per heavy atom. The highest BCUT2D eigenvalue weighted by Crippen LogP contribution is 2.41. The van der Waals surface area contributed by atoms with E-state index < -0.39 is 11.6 Å². The van der Waals surface area contributed by atoms with Crippen molar-refractivity contribution in [2.75, 3.05) is 13.1 Å². The van der Waals surface area contributed by atoms with Gasteiger partial charge in [-0.3, -0.25) is 4.79 Å². The van der Waals surface area contributed by atoms with Crippen molar-refractivity contribution in [1.29, 1.82) is 0 Å². The number of carboxylic acids is 1. The summed E-state index contributed by atoms with van der Waals surface area (Å²) in [6.45, 7) is 1.57. The molecule has 0 aromatic heterocycles. The Morgan fingerprint density at radius 1 is 1.08 bits per heavy atom. The van der Waals surface area contributed by atoms with Crippen molar-refractivity contribution in [2.45, 2.75) is 63.4 Å². The van der Waals surface area contributed by atoms with E-state index in [4.69, 9.17) is 5.11 Å². The number of nitrogens with one attached hydrogen (secondary N) is 1. The number of aliphatic hydroxyl groups is 1. The molecule has 0 saturated heterocycles. The molecule has 1 aromatic rings. The summed E-state index contributed by atoms with van der Waals surface area (Å²) in [4.78, 5) is 10.5. The van der Waals surface area contributed by atoms with E-state index in [1.54, 1.807) is 0 Å². The number of unbranched alkanes of at least 4 members (excludes halogenated alkanes) is 1. The first-order valence-corrected chi connectivity index (χ1v) is 9.33. The normalized spacial score (nSPS) is 18.2. The number of rotatable bonds is 10. The number of hydrogen-bond donors (Lipinski definition) is 3. The van der Waals surface area contributed by atoms with Gasteiger partial charge in [0.25, 0.3) is 0 Å². The maximum absolute atomic E-state index is 11.5. The molecule has 0 heterocycles. The molecule has 0 spiro atoms. The van der Waals surface area contributed by atoms with Crippen molar-refractivity contribution < 1.29 is 15.0 Å². The summed E-state index contributed by atoms with van der Waals surface area (Å²) in [5.74, 6) is -0.395. The zero-order valence-corrected chi connectivity index (χ0v) is 14.5. The molecule has 0 radical (unpaired) electrons. The van der Waals surface area contributed by atoms with E-state index in [0.29, 0.717) is 18.8 Å². The highest BCUT2D eigenvalue weighted by Gasteiger charge is 2.38. The Balaban J connectivity index is 1.86. The topological polar surface area (TPSA) is 69.6 Å². The van der Waals surface area contributed by atoms with Gasteiger partial charge in [0.1, 0.15) is 0 Å². The average molecular weight is 333 g/mol. The minimum absolute atomic E-state index is 0.234. The van der Waals surface area contributed by atoms with E-state index in [1.165, 1.54) is 19.3 Å². The van der Waals surface area contributed by atoms with Crippen LogP contribution < -0.4 is 5.32 Å². The lowest BCUT2D eigenvalue weighted by atomic mass is 9.72. The Hall–Kier alpha value is -1.39. The summed E-state index contributed by atoms with van der Waals surface area (Å²) in [6.07, 6.45) is 8.41. The molecule has 1 aromatic carbocycles. The predicted molar refractivity (Wildman–Crippen MR) is 95.9 cm³/mol. The highest BCUT2D eigenvalue weighted by atomic mass is 16.4. The molecular formula is C20H31NO3. The third-order valence-electron chi connectivity index (χ3n) is 5.23. The Morgan fingerprint density at radius 3 is 2.46 bits per heavy atom. The second kappa shape index (κ2) is 9.80. The van der Waals surface area contributed by atoms with E-state index in [0.717, 1.165) is 37.9 Å². The van der Waals surface area contributed by atoms with Gasteiger partial charge in [0, 0.05) is 6.42 Å². The number of carboxylic acid groups (broad SMARTS) is 1. The number of aliphatic carboxylic acids is 1. The molecule has 4 heteroatoms. The summed E-state index contributed by atoms with van der Waals surface area (Å²) in [5.41, 5.74) is 0.278. The molecule has 1 aliphatic carbocycles. The molecular weight excluding hydrogens is 302 g/mol. The fourth-order valence-corrected chi connectivity index (χ4v) is 3.82. The van der Waals surface area contributed by atoms with Crippen molar-refractivity contribution in [3.8, 4) is 0 Å². The van der Waals surface area contributed by atoms with Crippen molar-refractivity contribution in [1.82, 2.24) is 5.32 Å². The van der Waals surface area contributed by atoms with Crippen LogP contribution in [0.5, 0.6) is 0 Å². The SMILES string of the molecule is O=C(O)CCCCNCCC(O)(c1ccccc1)C1CCCCC1. The Bertz CT molecular complexity index is 485. The van der Waals surface area contributed by atoms with Gasteiger partial charge in [0.05, 0.1) is 5.60 Å². The van der Waals surface area contributed by atoms with Gasteiger partial charge in [-0.25, -0.2) is 0 Å². The second-order valence-corrected chi connectivity index (χ2v) is 6.98. The molecule has 1 atom stereocenters. The van der Waals surface area contributed by atoms with Gasteiger partial charge < -0.3 is 15.5 Å². The van der Waals surface area contributed by atoms with Crippen molar-refractivity contribution >= 4 is 5.97 Å². The minimum Gasteiger partial charge on any atom is -0.481 e. The third kappa shape index (κ3) is 5.60. The van der Waals surface area contributed by atoms with Gasteiger partial charge in [-0.05, 0) is 56.7 Å². The van der Waals surface area contributed by atoms with Gasteiger partial charge in [-0.2, -0.15) is 0 Å². The van der Waals surface area contributed by atoms with Gasteiger partial charge in [-0.1, -0.05) is 49.6 Å². The lowest BCUT2D eigenvalue weighted by molar-refractivity contribution is -0.137. The zero-order chi connectivity index (χ0) is 17.3. The Kier molecular flexibility index (Phi) is 7.73. The number of hydrogen-bond acceptors (Lipinski definition) is 3. The van der Waals surface area contributed by atoms with Crippen LogP contribution in [0.25, 0.3) is 0 Å². The van der Waals surface area contributed by atoms with E-state index in [-0.39, 0.29) is 6.42 Å². The average Bonchev–Trinajstić information content (AvgIpc) is 2.62. The fourth-order valence-electron chi connectivity index (χ4n) is 3.82. The van der Waals surface area contributed by atoms with Crippen LogP contribution in [0.1, 0.15) is 63.4 Å². The summed E-state index contributed by atoms with van der Waals surface area (Å²) in [5, 5.41) is 23.5. The van der Waals surface area contributed by atoms with Gasteiger partial charge in [0.2, 0.25) is 0 Å². The molecule has 1 aliphatic rings. The maximum atomic E-state index is 11.5. The monoisotopic (exact) mass is 333 g/mol. The molecule has 0 amide bonds. The van der Waals surface area contributed by atoms with Crippen molar-refractivity contribution in [3.05, 3.63) is 35.9 Å². The van der Waals surface area contributed by atoms with Gasteiger partial charge in [0.15, 0.2) is 0 Å². The summed E-state index contributed by atoms with van der Waals surface area (Å²) >= 11 is 0. The molecule has 1 unspecified atom stereocenters. The minimum atomic E-state index is -0.754. The molecule has 1 saturated carbocycles. The first kappa shape index (κ1) is 18.9. The zero-order valence-electron chi connectivity index (χ0n) is 14.5. The van der Waals surface area contributed by atoms with E-state index in [9.17, 15) is 9.90 Å². The standard InChI is InChI=1S/C20H31NO3/c22-19(23)13-7-8-15-21-16-14-20(24,17-9-3-1-4-10-17)18-11-5-2-6-12-18/h1,3-4,9-10,18,21,24H,2,5-8,11-16H2,(H,22,23). The summed E-state index contributed by atoms with van der Waals surface area (Å²) in [7, 11) is 0. The van der Waals surface area contributed by atoms with Crippen LogP contribution in [-0.2, 0) is 10.4 Å². The van der Waals surface area contributed by atoms with Gasteiger partial charge in [-0.15, -0.1) is 0 Å². The van der Waals surface area contributed by atoms with Crippen LogP contribution in [0.3, 0.4) is 0 Å². The Labute approximate surface area is 145 Å². The maximum Gasteiger partial charge on any atom is 0.303 e. The number of benzene rings is 1. The van der Waals surface area contributed by atoms with Gasteiger partial charge >= 0.3 is 5.97 Å². The first-order chi connectivity index (χ1) is 11.6. The molecule has 4 nitrogen and oxygen atoms in total. The second-order valence-electron chi connectivity index (χ2n) is 6.98. The number of carbonyl (C=O) groups is 1.